The number of ether oxygens (including phenoxy) is 1. The monoisotopic (exact) mass is 282 g/mol. The fraction of sp³-hybridized carbons (Fsp3) is 0.714. The number of rotatable bonds is 6. The van der Waals surface area contributed by atoms with Gasteiger partial charge in [-0.1, -0.05) is 12.8 Å². The van der Waals surface area contributed by atoms with E-state index in [1.54, 1.807) is 0 Å². The zero-order valence-corrected chi connectivity index (χ0v) is 11.9. The van der Waals surface area contributed by atoms with Crippen molar-refractivity contribution in [3.05, 3.63) is 0 Å². The molecule has 2 N–H and O–H groups in total. The van der Waals surface area contributed by atoms with Crippen LogP contribution in [0.5, 0.6) is 0 Å². The molecule has 6 heteroatoms. The van der Waals surface area contributed by atoms with Crippen LogP contribution in [0, 0.1) is 17.8 Å². The highest BCUT2D eigenvalue weighted by molar-refractivity contribution is 5.78. The number of carboxylic acids is 1. The minimum absolute atomic E-state index is 0.106. The Balaban J connectivity index is 2.60. The molecule has 1 aliphatic rings. The van der Waals surface area contributed by atoms with Crippen molar-refractivity contribution < 1.29 is 19.4 Å². The third kappa shape index (κ3) is 4.14. The molecule has 0 radical (unpaired) electrons. The van der Waals surface area contributed by atoms with Gasteiger partial charge < -0.3 is 20.1 Å². The number of hydrogen-bond donors (Lipinski definition) is 2. The van der Waals surface area contributed by atoms with E-state index in [1.165, 1.54) is 4.90 Å². The summed E-state index contributed by atoms with van der Waals surface area (Å²) in [6, 6.07) is -0.308. The van der Waals surface area contributed by atoms with Crippen LogP contribution in [0.3, 0.4) is 0 Å². The summed E-state index contributed by atoms with van der Waals surface area (Å²) in [4.78, 5) is 25.0. The van der Waals surface area contributed by atoms with Gasteiger partial charge >= 0.3 is 12.0 Å². The number of urea groups is 1. The molecule has 0 unspecified atom stereocenters. The van der Waals surface area contributed by atoms with E-state index in [-0.39, 0.29) is 19.1 Å². The van der Waals surface area contributed by atoms with Crippen molar-refractivity contribution in [3.8, 4) is 12.3 Å². The fourth-order valence-electron chi connectivity index (χ4n) is 2.22. The SMILES string of the molecule is C#CCN(CCC)C(=O)NCC1(C(=O)O)CCOCC1. The average molecular weight is 282 g/mol. The second-order valence-corrected chi connectivity index (χ2v) is 4.98. The van der Waals surface area contributed by atoms with Crippen LogP contribution >= 0.6 is 0 Å². The van der Waals surface area contributed by atoms with Gasteiger partial charge in [0.15, 0.2) is 0 Å². The lowest BCUT2D eigenvalue weighted by Crippen LogP contribution is -2.50. The van der Waals surface area contributed by atoms with Crippen LogP contribution in [0.2, 0.25) is 0 Å². The normalized spacial score (nSPS) is 17.0. The molecule has 1 fully saturated rings. The zero-order valence-electron chi connectivity index (χ0n) is 11.9. The van der Waals surface area contributed by atoms with Crippen molar-refractivity contribution in [1.82, 2.24) is 10.2 Å². The van der Waals surface area contributed by atoms with E-state index < -0.39 is 11.4 Å². The first-order chi connectivity index (χ1) is 9.55. The molecule has 0 atom stereocenters. The molecule has 0 saturated carbocycles. The zero-order chi connectivity index (χ0) is 15.0. The summed E-state index contributed by atoms with van der Waals surface area (Å²) < 4.78 is 5.19. The van der Waals surface area contributed by atoms with Crippen LogP contribution in [0.15, 0.2) is 0 Å². The highest BCUT2D eigenvalue weighted by Crippen LogP contribution is 2.30. The van der Waals surface area contributed by atoms with E-state index in [0.29, 0.717) is 32.6 Å². The molecule has 0 bridgehead atoms. The number of nitrogens with zero attached hydrogens (tertiary/aromatic N) is 1. The lowest BCUT2D eigenvalue weighted by Gasteiger charge is -2.33. The standard InChI is InChI=1S/C14H22N2O4/c1-3-7-16(8-4-2)13(19)15-11-14(12(17)18)5-9-20-10-6-14/h1H,4-11H2,2H3,(H,15,19)(H,17,18). The summed E-state index contributed by atoms with van der Waals surface area (Å²) in [5.74, 6) is 1.54. The molecule has 0 aliphatic carbocycles. The molecule has 20 heavy (non-hydrogen) atoms. The Hall–Kier alpha value is -1.74. The summed E-state index contributed by atoms with van der Waals surface area (Å²) in [6.07, 6.45) is 6.84. The maximum atomic E-state index is 12.0. The van der Waals surface area contributed by atoms with E-state index in [4.69, 9.17) is 11.2 Å². The molecule has 1 rings (SSSR count). The Labute approximate surface area is 119 Å². The van der Waals surface area contributed by atoms with Crippen LogP contribution in [-0.2, 0) is 9.53 Å². The summed E-state index contributed by atoms with van der Waals surface area (Å²) >= 11 is 0. The molecule has 1 aliphatic heterocycles. The minimum atomic E-state index is -0.929. The van der Waals surface area contributed by atoms with Crippen molar-refractivity contribution in [2.45, 2.75) is 26.2 Å². The highest BCUT2D eigenvalue weighted by Gasteiger charge is 2.40. The number of hydrogen-bond acceptors (Lipinski definition) is 3. The maximum Gasteiger partial charge on any atom is 0.318 e. The number of terminal acetylenes is 1. The van der Waals surface area contributed by atoms with Crippen molar-refractivity contribution in [1.29, 1.82) is 0 Å². The number of carbonyl (C=O) groups excluding carboxylic acids is 1. The predicted octanol–water partition coefficient (Wildman–Crippen LogP) is 0.923. The van der Waals surface area contributed by atoms with Gasteiger partial charge in [0.1, 0.15) is 0 Å². The molecule has 2 amide bonds. The van der Waals surface area contributed by atoms with Crippen molar-refractivity contribution >= 4 is 12.0 Å². The number of aliphatic carboxylic acids is 1. The third-order valence-electron chi connectivity index (χ3n) is 3.54. The molecular weight excluding hydrogens is 260 g/mol. The quantitative estimate of drug-likeness (QED) is 0.710. The van der Waals surface area contributed by atoms with Gasteiger partial charge in [-0.15, -0.1) is 6.42 Å². The molecule has 1 heterocycles. The van der Waals surface area contributed by atoms with Crippen molar-refractivity contribution in [3.63, 3.8) is 0 Å². The van der Waals surface area contributed by atoms with Gasteiger partial charge in [-0.05, 0) is 19.3 Å². The van der Waals surface area contributed by atoms with Gasteiger partial charge in [-0.25, -0.2) is 4.79 Å². The lowest BCUT2D eigenvalue weighted by molar-refractivity contribution is -0.154. The summed E-state index contributed by atoms with van der Waals surface area (Å²) in [5.41, 5.74) is -0.929. The van der Waals surface area contributed by atoms with Gasteiger partial charge in [-0.2, -0.15) is 0 Å². The molecular formula is C14H22N2O4. The van der Waals surface area contributed by atoms with E-state index in [9.17, 15) is 14.7 Å². The van der Waals surface area contributed by atoms with Crippen LogP contribution in [0.1, 0.15) is 26.2 Å². The van der Waals surface area contributed by atoms with Gasteiger partial charge in [0.2, 0.25) is 0 Å². The summed E-state index contributed by atoms with van der Waals surface area (Å²) in [7, 11) is 0. The molecule has 1 saturated heterocycles. The molecule has 0 spiro atoms. The first kappa shape index (κ1) is 16.3. The maximum absolute atomic E-state index is 12.0. The molecule has 6 nitrogen and oxygen atoms in total. The van der Waals surface area contributed by atoms with Crippen LogP contribution in [0.25, 0.3) is 0 Å². The van der Waals surface area contributed by atoms with Crippen molar-refractivity contribution in [2.24, 2.45) is 5.41 Å². The van der Waals surface area contributed by atoms with Crippen LogP contribution in [-0.4, -0.2) is 54.9 Å². The van der Waals surface area contributed by atoms with Crippen LogP contribution < -0.4 is 5.32 Å². The third-order valence-corrected chi connectivity index (χ3v) is 3.54. The average Bonchev–Trinajstić information content (AvgIpc) is 2.45. The van der Waals surface area contributed by atoms with E-state index in [0.717, 1.165) is 6.42 Å². The summed E-state index contributed by atoms with van der Waals surface area (Å²) in [5, 5.41) is 12.1. The first-order valence-electron chi connectivity index (χ1n) is 6.83. The predicted molar refractivity (Wildman–Crippen MR) is 74.2 cm³/mol. The molecule has 0 aromatic heterocycles. The number of carbonyl (C=O) groups is 2. The Bertz CT molecular complexity index is 383. The summed E-state index contributed by atoms with van der Waals surface area (Å²) in [6.45, 7) is 3.65. The van der Waals surface area contributed by atoms with E-state index in [1.807, 2.05) is 6.92 Å². The van der Waals surface area contributed by atoms with Gasteiger partial charge in [0.25, 0.3) is 0 Å². The molecule has 0 aromatic rings. The minimum Gasteiger partial charge on any atom is -0.481 e. The second kappa shape index (κ2) is 7.75. The number of carboxylic acid groups (broad SMARTS) is 1. The number of amides is 2. The molecule has 112 valence electrons. The van der Waals surface area contributed by atoms with Gasteiger partial charge in [0.05, 0.1) is 12.0 Å². The van der Waals surface area contributed by atoms with E-state index in [2.05, 4.69) is 11.2 Å². The lowest BCUT2D eigenvalue weighted by atomic mass is 9.80. The first-order valence-corrected chi connectivity index (χ1v) is 6.83. The smallest absolute Gasteiger partial charge is 0.318 e. The second-order valence-electron chi connectivity index (χ2n) is 4.98. The van der Waals surface area contributed by atoms with Crippen molar-refractivity contribution in [2.75, 3.05) is 32.8 Å². The topological polar surface area (TPSA) is 78.9 Å². The van der Waals surface area contributed by atoms with Crippen LogP contribution in [0.4, 0.5) is 4.79 Å². The Morgan fingerprint density at radius 2 is 2.10 bits per heavy atom. The molecule has 0 aromatic carbocycles. The number of nitrogens with one attached hydrogen (secondary N) is 1. The Morgan fingerprint density at radius 1 is 1.45 bits per heavy atom. The van der Waals surface area contributed by atoms with Gasteiger partial charge in [0, 0.05) is 26.3 Å². The fourth-order valence-corrected chi connectivity index (χ4v) is 2.22. The van der Waals surface area contributed by atoms with Gasteiger partial charge in [-0.3, -0.25) is 4.79 Å². The highest BCUT2D eigenvalue weighted by atomic mass is 16.5. The largest absolute Gasteiger partial charge is 0.481 e. The Kier molecular flexibility index (Phi) is 6.32. The Morgan fingerprint density at radius 3 is 2.60 bits per heavy atom. The van der Waals surface area contributed by atoms with E-state index >= 15 is 0 Å².